The molecule has 0 aromatic heterocycles. The molecule has 0 aliphatic carbocycles. The van der Waals surface area contributed by atoms with E-state index in [1.807, 2.05) is 30.3 Å². The maximum atomic E-state index is 6.09. The molecule has 1 fully saturated rings. The van der Waals surface area contributed by atoms with Crippen molar-refractivity contribution in [2.45, 2.75) is 19.8 Å². The molecule has 29 heavy (non-hydrogen) atoms. The number of rotatable bonds is 7. The van der Waals surface area contributed by atoms with Crippen LogP contribution < -0.4 is 25.4 Å². The van der Waals surface area contributed by atoms with Gasteiger partial charge in [0.25, 0.3) is 0 Å². The van der Waals surface area contributed by atoms with E-state index < -0.39 is 0 Å². The number of ether oxygens (including phenoxy) is 2. The van der Waals surface area contributed by atoms with E-state index in [-0.39, 0.29) is 24.0 Å². The number of hydrogen-bond acceptors (Lipinski definition) is 4. The largest absolute Gasteiger partial charge is 0.497 e. The molecular formula is C22H31IN4O2. The van der Waals surface area contributed by atoms with Gasteiger partial charge in [-0.25, -0.2) is 0 Å². The molecule has 7 heteroatoms. The molecule has 1 heterocycles. The first-order valence-corrected chi connectivity index (χ1v) is 9.75. The van der Waals surface area contributed by atoms with Crippen LogP contribution in [0.15, 0.2) is 47.5 Å². The monoisotopic (exact) mass is 510 g/mol. The summed E-state index contributed by atoms with van der Waals surface area (Å²) >= 11 is 0. The number of nitrogens with one attached hydrogen (secondary N) is 1. The second-order valence-corrected chi connectivity index (χ2v) is 7.08. The fraction of sp³-hybridized carbons (Fsp3) is 0.409. The highest BCUT2D eigenvalue weighted by atomic mass is 127. The number of anilines is 2. The fourth-order valence-electron chi connectivity index (χ4n) is 3.48. The normalized spacial score (nSPS) is 16.3. The van der Waals surface area contributed by atoms with Crippen molar-refractivity contribution in [1.29, 1.82) is 0 Å². The third kappa shape index (κ3) is 6.42. The standard InChI is InChI=1S/C22H30N4O2.HI/c1-4-16-6-5-7-18(10-16)25-22(23)24-14-17-8-9-26(15-17)19-11-20(27-2)13-21(12-19)28-3;/h5-7,10-13,17H,4,8-9,14-15H2,1-3H3,(H3,23,24,25);1H. The molecule has 6 nitrogen and oxygen atoms in total. The minimum atomic E-state index is 0. The first kappa shape index (κ1) is 23.1. The van der Waals surface area contributed by atoms with E-state index in [0.717, 1.165) is 48.8 Å². The Balaban J connectivity index is 0.00000300. The zero-order chi connectivity index (χ0) is 19.9. The Morgan fingerprint density at radius 2 is 1.90 bits per heavy atom. The molecule has 0 amide bonds. The van der Waals surface area contributed by atoms with Gasteiger partial charge in [-0.3, -0.25) is 4.99 Å². The number of halogens is 1. The smallest absolute Gasteiger partial charge is 0.193 e. The van der Waals surface area contributed by atoms with E-state index in [9.17, 15) is 0 Å². The van der Waals surface area contributed by atoms with Gasteiger partial charge in [0.05, 0.1) is 14.2 Å². The van der Waals surface area contributed by atoms with Gasteiger partial charge in [-0.15, -0.1) is 24.0 Å². The summed E-state index contributed by atoms with van der Waals surface area (Å²) in [5, 5.41) is 3.19. The van der Waals surface area contributed by atoms with Crippen molar-refractivity contribution < 1.29 is 9.47 Å². The number of guanidine groups is 1. The van der Waals surface area contributed by atoms with E-state index in [1.165, 1.54) is 5.56 Å². The Bertz CT molecular complexity index is 806. The zero-order valence-electron chi connectivity index (χ0n) is 17.4. The summed E-state index contributed by atoms with van der Waals surface area (Å²) in [6.07, 6.45) is 2.08. The third-order valence-electron chi connectivity index (χ3n) is 5.11. The molecule has 2 aromatic rings. The Morgan fingerprint density at radius 3 is 2.55 bits per heavy atom. The molecule has 1 aliphatic rings. The minimum Gasteiger partial charge on any atom is -0.497 e. The van der Waals surface area contributed by atoms with Crippen molar-refractivity contribution >= 4 is 41.3 Å². The lowest BCUT2D eigenvalue weighted by molar-refractivity contribution is 0.394. The van der Waals surface area contributed by atoms with Crippen LogP contribution in [0.4, 0.5) is 11.4 Å². The van der Waals surface area contributed by atoms with Crippen LogP contribution in [-0.2, 0) is 6.42 Å². The van der Waals surface area contributed by atoms with Crippen LogP contribution in [0.25, 0.3) is 0 Å². The van der Waals surface area contributed by atoms with Crippen LogP contribution in [0.5, 0.6) is 11.5 Å². The van der Waals surface area contributed by atoms with E-state index in [4.69, 9.17) is 15.2 Å². The van der Waals surface area contributed by atoms with Gasteiger partial charge in [0.2, 0.25) is 0 Å². The first-order chi connectivity index (χ1) is 13.6. The summed E-state index contributed by atoms with van der Waals surface area (Å²) in [5.74, 6) is 2.55. The van der Waals surface area contributed by atoms with E-state index in [2.05, 4.69) is 34.3 Å². The lowest BCUT2D eigenvalue weighted by atomic mass is 10.1. The summed E-state index contributed by atoms with van der Waals surface area (Å²) < 4.78 is 10.8. The average molecular weight is 510 g/mol. The number of aryl methyl sites for hydroxylation is 1. The van der Waals surface area contributed by atoms with E-state index in [0.29, 0.717) is 18.4 Å². The first-order valence-electron chi connectivity index (χ1n) is 9.75. The van der Waals surface area contributed by atoms with E-state index >= 15 is 0 Å². The van der Waals surface area contributed by atoms with Gasteiger partial charge in [0.1, 0.15) is 11.5 Å². The van der Waals surface area contributed by atoms with Crippen molar-refractivity contribution in [2.75, 3.05) is 44.1 Å². The quantitative estimate of drug-likeness (QED) is 0.333. The van der Waals surface area contributed by atoms with E-state index in [1.54, 1.807) is 14.2 Å². The Labute approximate surface area is 190 Å². The minimum absolute atomic E-state index is 0. The lowest BCUT2D eigenvalue weighted by Gasteiger charge is -2.20. The summed E-state index contributed by atoms with van der Waals surface area (Å²) in [5.41, 5.74) is 9.46. The van der Waals surface area contributed by atoms with Crippen LogP contribution in [0, 0.1) is 5.92 Å². The van der Waals surface area contributed by atoms with Crippen molar-refractivity contribution in [1.82, 2.24) is 0 Å². The molecule has 2 aromatic carbocycles. The van der Waals surface area contributed by atoms with Crippen LogP contribution in [0.2, 0.25) is 0 Å². The predicted molar refractivity (Wildman–Crippen MR) is 131 cm³/mol. The predicted octanol–water partition coefficient (Wildman–Crippen LogP) is 4.14. The molecule has 0 radical (unpaired) electrons. The molecule has 158 valence electrons. The Hall–Kier alpha value is -2.16. The Morgan fingerprint density at radius 1 is 1.17 bits per heavy atom. The van der Waals surface area contributed by atoms with Crippen LogP contribution in [0.1, 0.15) is 18.9 Å². The van der Waals surface area contributed by atoms with Crippen molar-refractivity contribution in [3.63, 3.8) is 0 Å². The van der Waals surface area contributed by atoms with Crippen LogP contribution in [0.3, 0.4) is 0 Å². The van der Waals surface area contributed by atoms with Crippen LogP contribution in [-0.4, -0.2) is 39.8 Å². The number of methoxy groups -OCH3 is 2. The number of nitrogens with two attached hydrogens (primary N) is 1. The fourth-order valence-corrected chi connectivity index (χ4v) is 3.48. The van der Waals surface area contributed by atoms with Gasteiger partial charge >= 0.3 is 0 Å². The van der Waals surface area contributed by atoms with Crippen LogP contribution >= 0.6 is 24.0 Å². The molecule has 1 aliphatic heterocycles. The molecule has 1 atom stereocenters. The maximum Gasteiger partial charge on any atom is 0.193 e. The molecule has 3 N–H and O–H groups in total. The maximum absolute atomic E-state index is 6.09. The Kier molecular flexibility index (Phi) is 8.88. The summed E-state index contributed by atoms with van der Waals surface area (Å²) in [7, 11) is 3.35. The number of hydrogen-bond donors (Lipinski definition) is 2. The molecule has 0 spiro atoms. The molecule has 0 saturated carbocycles. The average Bonchev–Trinajstić information content (AvgIpc) is 3.21. The summed E-state index contributed by atoms with van der Waals surface area (Å²) in [6, 6.07) is 14.2. The van der Waals surface area contributed by atoms with Gasteiger partial charge in [0, 0.05) is 49.2 Å². The van der Waals surface area contributed by atoms with Gasteiger partial charge < -0.3 is 25.4 Å². The molecule has 3 rings (SSSR count). The second-order valence-electron chi connectivity index (χ2n) is 7.08. The van der Waals surface area contributed by atoms with Gasteiger partial charge in [0.15, 0.2) is 5.96 Å². The number of aliphatic imine (C=N–C) groups is 1. The topological polar surface area (TPSA) is 72.1 Å². The SMILES string of the molecule is CCc1cccc(NC(N)=NCC2CCN(c3cc(OC)cc(OC)c3)C2)c1.I. The molecule has 0 bridgehead atoms. The highest BCUT2D eigenvalue weighted by Gasteiger charge is 2.23. The molecule has 1 saturated heterocycles. The van der Waals surface area contributed by atoms with Crippen molar-refractivity contribution in [2.24, 2.45) is 16.6 Å². The molecular weight excluding hydrogens is 479 g/mol. The highest BCUT2D eigenvalue weighted by Crippen LogP contribution is 2.31. The van der Waals surface area contributed by atoms with Crippen molar-refractivity contribution in [3.8, 4) is 11.5 Å². The van der Waals surface area contributed by atoms with Gasteiger partial charge in [-0.2, -0.15) is 0 Å². The lowest BCUT2D eigenvalue weighted by Crippen LogP contribution is -2.25. The summed E-state index contributed by atoms with van der Waals surface area (Å²) in [6.45, 7) is 4.78. The van der Waals surface area contributed by atoms with Gasteiger partial charge in [-0.1, -0.05) is 19.1 Å². The van der Waals surface area contributed by atoms with Crippen molar-refractivity contribution in [3.05, 3.63) is 48.0 Å². The summed E-state index contributed by atoms with van der Waals surface area (Å²) in [4.78, 5) is 6.91. The zero-order valence-corrected chi connectivity index (χ0v) is 19.7. The van der Waals surface area contributed by atoms with Gasteiger partial charge in [-0.05, 0) is 36.5 Å². The number of nitrogens with zero attached hydrogens (tertiary/aromatic N) is 2. The molecule has 1 unspecified atom stereocenters. The third-order valence-corrected chi connectivity index (χ3v) is 5.11. The number of benzene rings is 2. The highest BCUT2D eigenvalue weighted by molar-refractivity contribution is 14.0. The second kappa shape index (κ2) is 11.1.